The number of rotatable bonds is 4. The molecule has 2 N–H and O–H groups in total. The Hall–Kier alpha value is -1.70. The fraction of sp³-hybridized carbons (Fsp3) is 0.353. The fourth-order valence-corrected chi connectivity index (χ4v) is 4.75. The Bertz CT molecular complexity index is 858. The first-order chi connectivity index (χ1) is 11.3. The van der Waals surface area contributed by atoms with Crippen molar-refractivity contribution in [3.63, 3.8) is 0 Å². The Labute approximate surface area is 146 Å². The van der Waals surface area contributed by atoms with Crippen LogP contribution < -0.4 is 10.2 Å². The molecule has 2 aromatic rings. The molecule has 0 radical (unpaired) electrons. The van der Waals surface area contributed by atoms with Gasteiger partial charge in [-0.15, -0.1) is 11.3 Å². The molecule has 128 valence electrons. The van der Waals surface area contributed by atoms with Crippen LogP contribution in [0.1, 0.15) is 23.4 Å². The zero-order chi connectivity index (χ0) is 17.3. The zero-order valence-corrected chi connectivity index (χ0v) is 15.3. The molecule has 7 heteroatoms. The molecule has 2 heterocycles. The number of hydrogen-bond donors (Lipinski definition) is 2. The average molecular weight is 366 g/mol. The summed E-state index contributed by atoms with van der Waals surface area (Å²) in [7, 11) is -3.28. The number of sulfone groups is 1. The highest BCUT2D eigenvalue weighted by atomic mass is 32.2. The van der Waals surface area contributed by atoms with E-state index in [1.165, 1.54) is 27.5 Å². The molecule has 1 amide bonds. The summed E-state index contributed by atoms with van der Waals surface area (Å²) < 4.78 is 23.2. The zero-order valence-electron chi connectivity index (χ0n) is 13.7. The summed E-state index contributed by atoms with van der Waals surface area (Å²) in [4.78, 5) is 15.2. The molecule has 24 heavy (non-hydrogen) atoms. The summed E-state index contributed by atoms with van der Waals surface area (Å²) in [5, 5.41) is 4.93. The lowest BCUT2D eigenvalue weighted by Gasteiger charge is -2.29. The van der Waals surface area contributed by atoms with Crippen LogP contribution in [0, 0.1) is 0 Å². The quantitative estimate of drug-likeness (QED) is 0.858. The van der Waals surface area contributed by atoms with Gasteiger partial charge in [0.05, 0.1) is 11.4 Å². The lowest BCUT2D eigenvalue weighted by atomic mass is 10.0. The van der Waals surface area contributed by atoms with Gasteiger partial charge in [-0.3, -0.25) is 4.79 Å². The average Bonchev–Trinajstić information content (AvgIpc) is 2.99. The number of quaternary nitrogens is 1. The molecule has 0 spiro atoms. The molecule has 3 rings (SSSR count). The molecule has 0 saturated heterocycles. The summed E-state index contributed by atoms with van der Waals surface area (Å²) in [6.45, 7) is 3.46. The van der Waals surface area contributed by atoms with Crippen molar-refractivity contribution in [1.82, 2.24) is 0 Å². The molecule has 2 atom stereocenters. The number of amides is 1. The van der Waals surface area contributed by atoms with E-state index in [0.29, 0.717) is 18.3 Å². The van der Waals surface area contributed by atoms with E-state index in [-0.39, 0.29) is 10.8 Å². The maximum absolute atomic E-state index is 12.4. The second-order valence-electron chi connectivity index (χ2n) is 6.20. The van der Waals surface area contributed by atoms with Crippen molar-refractivity contribution >= 4 is 32.8 Å². The standard InChI is InChI=1S/C17H20N2O3S2/c1-12-15-7-9-23-16(15)6-8-19(12)11-17(20)18-13-4-3-5-14(10-13)24(2,21)22/h3-5,7,9-10,12H,6,8,11H2,1-2H3,(H,18,20)/p+1/t12-/m1/s1. The summed E-state index contributed by atoms with van der Waals surface area (Å²) in [5.74, 6) is -0.0961. The minimum atomic E-state index is -3.28. The number of benzene rings is 1. The van der Waals surface area contributed by atoms with Gasteiger partial charge in [0.15, 0.2) is 16.4 Å². The van der Waals surface area contributed by atoms with E-state index in [9.17, 15) is 13.2 Å². The maximum atomic E-state index is 12.4. The van der Waals surface area contributed by atoms with Gasteiger partial charge in [0.1, 0.15) is 6.04 Å². The van der Waals surface area contributed by atoms with Gasteiger partial charge < -0.3 is 10.2 Å². The van der Waals surface area contributed by atoms with E-state index in [4.69, 9.17) is 0 Å². The van der Waals surface area contributed by atoms with Crippen molar-refractivity contribution in [3.8, 4) is 0 Å². The Morgan fingerprint density at radius 3 is 2.92 bits per heavy atom. The Kier molecular flexibility index (Phi) is 4.76. The SMILES string of the molecule is C[C@@H]1c2ccsc2CC[NH+]1CC(=O)Nc1cccc(S(C)(=O)=O)c1. The number of carbonyl (C=O) groups excluding carboxylic acids is 1. The first-order valence-electron chi connectivity index (χ1n) is 7.85. The van der Waals surface area contributed by atoms with Gasteiger partial charge in [-0.05, 0) is 36.6 Å². The van der Waals surface area contributed by atoms with Gasteiger partial charge in [-0.25, -0.2) is 8.42 Å². The fourth-order valence-electron chi connectivity index (χ4n) is 3.11. The largest absolute Gasteiger partial charge is 0.321 e. The van der Waals surface area contributed by atoms with Gasteiger partial charge in [0, 0.05) is 28.8 Å². The lowest BCUT2D eigenvalue weighted by Crippen LogP contribution is -3.14. The van der Waals surface area contributed by atoms with Crippen LogP contribution in [0.3, 0.4) is 0 Å². The van der Waals surface area contributed by atoms with Crippen molar-refractivity contribution in [2.75, 3.05) is 24.7 Å². The normalized spacial score (nSPS) is 20.4. The predicted octanol–water partition coefficient (Wildman–Crippen LogP) is 1.29. The lowest BCUT2D eigenvalue weighted by molar-refractivity contribution is -0.923. The molecular formula is C17H21N2O3S2+. The molecule has 1 aromatic heterocycles. The van der Waals surface area contributed by atoms with Crippen molar-refractivity contribution in [2.45, 2.75) is 24.3 Å². The van der Waals surface area contributed by atoms with Crippen LogP contribution >= 0.6 is 11.3 Å². The third kappa shape index (κ3) is 3.68. The highest BCUT2D eigenvalue weighted by molar-refractivity contribution is 7.90. The molecule has 1 unspecified atom stereocenters. The van der Waals surface area contributed by atoms with Crippen molar-refractivity contribution in [3.05, 3.63) is 46.2 Å². The van der Waals surface area contributed by atoms with Gasteiger partial charge in [-0.2, -0.15) is 0 Å². The van der Waals surface area contributed by atoms with E-state index in [1.54, 1.807) is 23.5 Å². The maximum Gasteiger partial charge on any atom is 0.279 e. The number of thiophene rings is 1. The molecule has 0 fully saturated rings. The van der Waals surface area contributed by atoms with E-state index in [1.807, 2.05) is 0 Å². The number of anilines is 1. The van der Waals surface area contributed by atoms with Crippen molar-refractivity contribution < 1.29 is 18.1 Å². The van der Waals surface area contributed by atoms with Crippen LogP contribution in [-0.2, 0) is 21.1 Å². The molecule has 0 saturated carbocycles. The van der Waals surface area contributed by atoms with Gasteiger partial charge >= 0.3 is 0 Å². The molecule has 0 bridgehead atoms. The Balaban J connectivity index is 1.67. The highest BCUT2D eigenvalue weighted by Crippen LogP contribution is 2.24. The van der Waals surface area contributed by atoms with Gasteiger partial charge in [0.2, 0.25) is 0 Å². The molecular weight excluding hydrogens is 344 g/mol. The molecule has 1 aromatic carbocycles. The molecule has 0 aliphatic carbocycles. The van der Waals surface area contributed by atoms with E-state index >= 15 is 0 Å². The van der Waals surface area contributed by atoms with E-state index in [2.05, 4.69) is 23.7 Å². The van der Waals surface area contributed by atoms with Crippen LogP contribution in [0.25, 0.3) is 0 Å². The number of hydrogen-bond acceptors (Lipinski definition) is 4. The van der Waals surface area contributed by atoms with E-state index in [0.717, 1.165) is 19.2 Å². The molecule has 1 aliphatic heterocycles. The first-order valence-corrected chi connectivity index (χ1v) is 10.6. The topological polar surface area (TPSA) is 67.7 Å². The summed E-state index contributed by atoms with van der Waals surface area (Å²) in [6, 6.07) is 8.82. The Morgan fingerprint density at radius 1 is 1.38 bits per heavy atom. The van der Waals surface area contributed by atoms with Gasteiger partial charge in [-0.1, -0.05) is 6.07 Å². The number of nitrogens with one attached hydrogen (secondary N) is 2. The van der Waals surface area contributed by atoms with Gasteiger partial charge in [0.25, 0.3) is 5.91 Å². The van der Waals surface area contributed by atoms with Crippen molar-refractivity contribution in [2.24, 2.45) is 0 Å². The van der Waals surface area contributed by atoms with Crippen LogP contribution in [-0.4, -0.2) is 33.7 Å². The Morgan fingerprint density at radius 2 is 2.17 bits per heavy atom. The van der Waals surface area contributed by atoms with Crippen molar-refractivity contribution in [1.29, 1.82) is 0 Å². The second-order valence-corrected chi connectivity index (χ2v) is 9.22. The minimum Gasteiger partial charge on any atom is -0.321 e. The smallest absolute Gasteiger partial charge is 0.279 e. The first kappa shape index (κ1) is 17.1. The summed E-state index contributed by atoms with van der Waals surface area (Å²) >= 11 is 1.79. The molecule has 5 nitrogen and oxygen atoms in total. The van der Waals surface area contributed by atoms with Crippen LogP contribution in [0.2, 0.25) is 0 Å². The molecule has 1 aliphatic rings. The van der Waals surface area contributed by atoms with Crippen LogP contribution in [0.4, 0.5) is 5.69 Å². The minimum absolute atomic E-state index is 0.0961. The number of carbonyl (C=O) groups is 1. The monoisotopic (exact) mass is 365 g/mol. The van der Waals surface area contributed by atoms with Crippen LogP contribution in [0.15, 0.2) is 40.6 Å². The number of fused-ring (bicyclic) bond motifs is 1. The predicted molar refractivity (Wildman–Crippen MR) is 95.3 cm³/mol. The highest BCUT2D eigenvalue weighted by Gasteiger charge is 2.29. The third-order valence-corrected chi connectivity index (χ3v) is 6.57. The summed E-state index contributed by atoms with van der Waals surface area (Å²) in [6.07, 6.45) is 2.16. The van der Waals surface area contributed by atoms with Crippen LogP contribution in [0.5, 0.6) is 0 Å². The third-order valence-electron chi connectivity index (χ3n) is 4.47. The summed E-state index contributed by atoms with van der Waals surface area (Å²) in [5.41, 5.74) is 1.86. The second kappa shape index (κ2) is 6.66. The van der Waals surface area contributed by atoms with E-state index < -0.39 is 9.84 Å².